The van der Waals surface area contributed by atoms with E-state index in [4.69, 9.17) is 16.6 Å². The van der Waals surface area contributed by atoms with E-state index in [0.717, 1.165) is 55.4 Å². The molecule has 0 N–H and O–H groups in total. The molecule has 1 unspecified atom stereocenters. The third kappa shape index (κ3) is 2.40. The van der Waals surface area contributed by atoms with Gasteiger partial charge in [-0.25, -0.2) is 14.3 Å². The number of imidazole rings is 1. The third-order valence-corrected chi connectivity index (χ3v) is 4.33. The predicted octanol–water partition coefficient (Wildman–Crippen LogP) is 1.74. The van der Waals surface area contributed by atoms with Crippen LogP contribution in [0.25, 0.3) is 11.2 Å². The fourth-order valence-electron chi connectivity index (χ4n) is 2.92. The Labute approximate surface area is 130 Å². The Hall–Kier alpha value is -1.27. The lowest BCUT2D eigenvalue weighted by atomic mass is 10.4. The van der Waals surface area contributed by atoms with Crippen molar-refractivity contribution in [2.45, 2.75) is 32.7 Å². The molecular weight excluding hydrogens is 288 g/mol. The largest absolute Gasteiger partial charge is 0.307 e. The van der Waals surface area contributed by atoms with E-state index in [0.29, 0.717) is 0 Å². The van der Waals surface area contributed by atoms with Crippen LogP contribution in [0.4, 0.5) is 0 Å². The van der Waals surface area contributed by atoms with Crippen LogP contribution in [-0.4, -0.2) is 57.6 Å². The Bertz CT molecular complexity index is 635. The second-order valence-corrected chi connectivity index (χ2v) is 6.38. The van der Waals surface area contributed by atoms with Gasteiger partial charge >= 0.3 is 0 Å². The van der Waals surface area contributed by atoms with Crippen molar-refractivity contribution in [3.8, 4) is 0 Å². The third-order valence-electron chi connectivity index (χ3n) is 4.13. The van der Waals surface area contributed by atoms with Crippen molar-refractivity contribution in [3.63, 3.8) is 0 Å². The number of fused-ring (bicyclic) bond motifs is 1. The fourth-order valence-corrected chi connectivity index (χ4v) is 3.06. The first kappa shape index (κ1) is 14.7. The molecule has 21 heavy (non-hydrogen) atoms. The van der Waals surface area contributed by atoms with E-state index in [2.05, 4.69) is 33.7 Å². The van der Waals surface area contributed by atoms with Crippen LogP contribution < -0.4 is 5.01 Å². The van der Waals surface area contributed by atoms with Gasteiger partial charge in [-0.05, 0) is 27.8 Å². The number of aryl methyl sites for hydroxylation is 2. The summed E-state index contributed by atoms with van der Waals surface area (Å²) in [6, 6.07) is 0. The lowest BCUT2D eigenvalue weighted by molar-refractivity contribution is 0.286. The highest BCUT2D eigenvalue weighted by Crippen LogP contribution is 2.27. The Morgan fingerprint density at radius 3 is 2.48 bits per heavy atom. The molecule has 0 aromatic carbocycles. The number of halogens is 1. The van der Waals surface area contributed by atoms with E-state index >= 15 is 0 Å². The van der Waals surface area contributed by atoms with Crippen molar-refractivity contribution >= 4 is 22.8 Å². The second-order valence-electron chi connectivity index (χ2n) is 5.73. The zero-order chi connectivity index (χ0) is 15.1. The standard InChI is InChI=1S/C14H23ClN6/c1-5-20-14-12(11(3)17-20)16-13(10(2)15)21(14)19-8-6-18(4)7-9-19/h10H,5-9H2,1-4H3. The first-order valence-electron chi connectivity index (χ1n) is 7.56. The average Bonchev–Trinajstić information content (AvgIpc) is 2.98. The van der Waals surface area contributed by atoms with Crippen LogP contribution in [0.2, 0.25) is 0 Å². The van der Waals surface area contributed by atoms with Crippen LogP contribution in [-0.2, 0) is 6.54 Å². The molecule has 6 nitrogen and oxygen atoms in total. The maximum Gasteiger partial charge on any atom is 0.178 e. The lowest BCUT2D eigenvalue weighted by Gasteiger charge is -2.35. The van der Waals surface area contributed by atoms with Crippen LogP contribution in [0.15, 0.2) is 0 Å². The summed E-state index contributed by atoms with van der Waals surface area (Å²) in [4.78, 5) is 7.11. The van der Waals surface area contributed by atoms with Gasteiger partial charge in [-0.3, -0.25) is 0 Å². The maximum absolute atomic E-state index is 6.38. The minimum Gasteiger partial charge on any atom is -0.307 e. The van der Waals surface area contributed by atoms with E-state index < -0.39 is 0 Å². The van der Waals surface area contributed by atoms with Crippen molar-refractivity contribution in [1.29, 1.82) is 0 Å². The minimum absolute atomic E-state index is 0.123. The van der Waals surface area contributed by atoms with E-state index in [9.17, 15) is 0 Å². The molecule has 0 saturated carbocycles. The predicted molar refractivity (Wildman–Crippen MR) is 85.6 cm³/mol. The van der Waals surface area contributed by atoms with Crippen molar-refractivity contribution in [1.82, 2.24) is 24.3 Å². The summed E-state index contributed by atoms with van der Waals surface area (Å²) >= 11 is 6.38. The quantitative estimate of drug-likeness (QED) is 0.810. The van der Waals surface area contributed by atoms with E-state index in [1.54, 1.807) is 0 Å². The van der Waals surface area contributed by atoms with Gasteiger partial charge in [0, 0.05) is 32.7 Å². The first-order chi connectivity index (χ1) is 10.0. The Morgan fingerprint density at radius 2 is 1.90 bits per heavy atom. The summed E-state index contributed by atoms with van der Waals surface area (Å²) in [5.74, 6) is 0.916. The van der Waals surface area contributed by atoms with Gasteiger partial charge < -0.3 is 9.91 Å². The molecular formula is C14H23ClN6. The van der Waals surface area contributed by atoms with Crippen LogP contribution in [0.3, 0.4) is 0 Å². The molecule has 0 amide bonds. The normalized spacial score (nSPS) is 18.6. The van der Waals surface area contributed by atoms with Crippen molar-refractivity contribution in [2.24, 2.45) is 0 Å². The molecule has 3 heterocycles. The molecule has 0 radical (unpaired) electrons. The highest BCUT2D eigenvalue weighted by molar-refractivity contribution is 6.20. The number of alkyl halides is 1. The number of likely N-dealkylation sites (N-methyl/N-ethyl adjacent to an activating group) is 1. The summed E-state index contributed by atoms with van der Waals surface area (Å²) in [5, 5.41) is 6.81. The Morgan fingerprint density at radius 1 is 1.24 bits per heavy atom. The van der Waals surface area contributed by atoms with Gasteiger partial charge in [-0.2, -0.15) is 5.10 Å². The highest BCUT2D eigenvalue weighted by atomic mass is 35.5. The van der Waals surface area contributed by atoms with Gasteiger partial charge in [0.25, 0.3) is 0 Å². The SMILES string of the molecule is CCn1nc(C)c2nc(C(C)Cl)n(N3CCN(C)CC3)c21. The fraction of sp³-hybridized carbons (Fsp3) is 0.714. The molecule has 1 fully saturated rings. The summed E-state index contributed by atoms with van der Waals surface area (Å²) in [6.07, 6.45) is 0. The van der Waals surface area contributed by atoms with Crippen molar-refractivity contribution in [2.75, 3.05) is 38.2 Å². The summed E-state index contributed by atoms with van der Waals surface area (Å²) in [6.45, 7) is 11.0. The van der Waals surface area contributed by atoms with Crippen molar-refractivity contribution in [3.05, 3.63) is 11.5 Å². The highest BCUT2D eigenvalue weighted by Gasteiger charge is 2.26. The number of hydrogen-bond acceptors (Lipinski definition) is 4. The molecule has 0 aliphatic carbocycles. The number of aromatic nitrogens is 4. The maximum atomic E-state index is 6.38. The van der Waals surface area contributed by atoms with Gasteiger partial charge in [-0.1, -0.05) is 0 Å². The van der Waals surface area contributed by atoms with Crippen LogP contribution in [0.5, 0.6) is 0 Å². The van der Waals surface area contributed by atoms with Crippen molar-refractivity contribution < 1.29 is 0 Å². The molecule has 1 aliphatic heterocycles. The Kier molecular flexibility index (Phi) is 3.84. The van der Waals surface area contributed by atoms with Gasteiger partial charge in [0.2, 0.25) is 0 Å². The molecule has 1 saturated heterocycles. The molecule has 1 aliphatic rings. The van der Waals surface area contributed by atoms with Gasteiger partial charge in [0.05, 0.1) is 11.1 Å². The van der Waals surface area contributed by atoms with E-state index in [-0.39, 0.29) is 5.38 Å². The molecule has 7 heteroatoms. The monoisotopic (exact) mass is 310 g/mol. The van der Waals surface area contributed by atoms with E-state index in [1.165, 1.54) is 0 Å². The topological polar surface area (TPSA) is 42.1 Å². The number of piperazine rings is 1. The molecule has 116 valence electrons. The lowest BCUT2D eigenvalue weighted by Crippen LogP contribution is -2.50. The summed E-state index contributed by atoms with van der Waals surface area (Å²) in [5.41, 5.74) is 3.01. The smallest absolute Gasteiger partial charge is 0.178 e. The van der Waals surface area contributed by atoms with Crippen LogP contribution in [0, 0.1) is 6.92 Å². The van der Waals surface area contributed by atoms with E-state index in [1.807, 2.05) is 18.5 Å². The number of nitrogens with zero attached hydrogens (tertiary/aromatic N) is 6. The molecule has 3 rings (SSSR count). The van der Waals surface area contributed by atoms with Gasteiger partial charge in [0.1, 0.15) is 11.3 Å². The molecule has 0 spiro atoms. The van der Waals surface area contributed by atoms with Crippen LogP contribution in [0.1, 0.15) is 30.7 Å². The molecule has 0 bridgehead atoms. The van der Waals surface area contributed by atoms with Gasteiger partial charge in [0.15, 0.2) is 5.65 Å². The molecule has 1 atom stereocenters. The Balaban J connectivity index is 2.15. The molecule has 2 aromatic rings. The van der Waals surface area contributed by atoms with Gasteiger partial charge in [-0.15, -0.1) is 11.6 Å². The minimum atomic E-state index is -0.123. The zero-order valence-corrected chi connectivity index (χ0v) is 13.9. The number of rotatable bonds is 3. The molecule has 2 aromatic heterocycles. The first-order valence-corrected chi connectivity index (χ1v) is 8.00. The summed E-state index contributed by atoms with van der Waals surface area (Å²) < 4.78 is 4.22. The van der Waals surface area contributed by atoms with Crippen LogP contribution >= 0.6 is 11.6 Å². The second kappa shape index (κ2) is 5.50. The summed E-state index contributed by atoms with van der Waals surface area (Å²) in [7, 11) is 2.16. The number of hydrogen-bond donors (Lipinski definition) is 0. The average molecular weight is 311 g/mol. The zero-order valence-electron chi connectivity index (χ0n) is 13.2.